The van der Waals surface area contributed by atoms with Gasteiger partial charge in [-0.2, -0.15) is 0 Å². The normalized spacial score (nSPS) is 24.4. The summed E-state index contributed by atoms with van der Waals surface area (Å²) in [5.74, 6) is 1.04. The number of likely N-dealkylation sites (tertiary alicyclic amines) is 1. The molecule has 3 fully saturated rings. The Morgan fingerprint density at radius 3 is 2.62 bits per heavy atom. The lowest BCUT2D eigenvalue weighted by Crippen LogP contribution is -2.41. The lowest BCUT2D eigenvalue weighted by molar-refractivity contribution is 0.0924. The molecule has 7 heteroatoms. The van der Waals surface area contributed by atoms with E-state index in [-0.39, 0.29) is 23.9 Å². The summed E-state index contributed by atoms with van der Waals surface area (Å²) in [6, 6.07) is 11.9. The van der Waals surface area contributed by atoms with Crippen molar-refractivity contribution in [3.63, 3.8) is 0 Å². The number of hydrogen-bond acceptors (Lipinski definition) is 5. The number of carbonyl (C=O) groups is 2. The minimum Gasteiger partial charge on any atom is -0.360 e. The summed E-state index contributed by atoms with van der Waals surface area (Å²) in [5.41, 5.74) is 1.04. The van der Waals surface area contributed by atoms with Gasteiger partial charge in [-0.15, -0.1) is 0 Å². The molecule has 2 aliphatic carbocycles. The fourth-order valence-corrected chi connectivity index (χ4v) is 4.22. The first-order valence-corrected chi connectivity index (χ1v) is 10.5. The minimum absolute atomic E-state index is 0.0518. The predicted molar refractivity (Wildman–Crippen MR) is 107 cm³/mol. The molecule has 1 aromatic carbocycles. The van der Waals surface area contributed by atoms with Crippen LogP contribution in [0, 0.1) is 0 Å². The molecule has 152 valence electrons. The Labute approximate surface area is 169 Å². The van der Waals surface area contributed by atoms with Crippen molar-refractivity contribution in [3.05, 3.63) is 53.4 Å². The minimum atomic E-state index is -0.171. The SMILES string of the molecule is O=C(NCC1CC(NC(=O)c2cc(C3CC3)on2)CN1C1CC1)c1ccccc1. The molecule has 2 N–H and O–H groups in total. The molecule has 2 amide bonds. The van der Waals surface area contributed by atoms with Gasteiger partial charge in [0.1, 0.15) is 5.76 Å². The maximum Gasteiger partial charge on any atom is 0.273 e. The van der Waals surface area contributed by atoms with Crippen molar-refractivity contribution in [1.29, 1.82) is 0 Å². The molecule has 1 aromatic heterocycles. The van der Waals surface area contributed by atoms with Crippen LogP contribution >= 0.6 is 0 Å². The molecular weight excluding hydrogens is 368 g/mol. The molecule has 2 heterocycles. The summed E-state index contributed by atoms with van der Waals surface area (Å²) in [6.45, 7) is 1.40. The van der Waals surface area contributed by atoms with Crippen LogP contribution in [0.3, 0.4) is 0 Å². The van der Waals surface area contributed by atoms with Crippen LogP contribution < -0.4 is 10.6 Å². The van der Waals surface area contributed by atoms with Crippen LogP contribution in [-0.2, 0) is 0 Å². The molecule has 1 aliphatic heterocycles. The topological polar surface area (TPSA) is 87.5 Å². The van der Waals surface area contributed by atoms with Gasteiger partial charge in [0, 0.05) is 48.8 Å². The molecule has 2 aromatic rings. The van der Waals surface area contributed by atoms with Crippen LogP contribution in [0.1, 0.15) is 64.6 Å². The van der Waals surface area contributed by atoms with Crippen molar-refractivity contribution >= 4 is 11.8 Å². The van der Waals surface area contributed by atoms with Crippen LogP contribution in [0.15, 0.2) is 40.9 Å². The average Bonchev–Trinajstić information content (AvgIpc) is 3.68. The van der Waals surface area contributed by atoms with E-state index in [0.29, 0.717) is 29.8 Å². The van der Waals surface area contributed by atoms with E-state index in [0.717, 1.165) is 31.6 Å². The molecule has 0 radical (unpaired) electrons. The van der Waals surface area contributed by atoms with Crippen molar-refractivity contribution in [3.8, 4) is 0 Å². The van der Waals surface area contributed by atoms with Crippen molar-refractivity contribution in [2.75, 3.05) is 13.1 Å². The Kier molecular flexibility index (Phi) is 4.83. The zero-order chi connectivity index (χ0) is 19.8. The maximum atomic E-state index is 12.6. The fraction of sp³-hybridized carbons (Fsp3) is 0.500. The number of benzene rings is 1. The lowest BCUT2D eigenvalue weighted by atomic mass is 10.1. The van der Waals surface area contributed by atoms with E-state index in [2.05, 4.69) is 20.7 Å². The summed E-state index contributed by atoms with van der Waals surface area (Å²) in [6.07, 6.45) is 5.44. The highest BCUT2D eigenvalue weighted by Crippen LogP contribution is 2.40. The number of hydrogen-bond donors (Lipinski definition) is 2. The lowest BCUT2D eigenvalue weighted by Gasteiger charge is -2.24. The van der Waals surface area contributed by atoms with Gasteiger partial charge in [-0.3, -0.25) is 14.5 Å². The summed E-state index contributed by atoms with van der Waals surface area (Å²) in [7, 11) is 0. The monoisotopic (exact) mass is 394 g/mol. The quantitative estimate of drug-likeness (QED) is 0.753. The second kappa shape index (κ2) is 7.63. The van der Waals surface area contributed by atoms with E-state index >= 15 is 0 Å². The highest BCUT2D eigenvalue weighted by molar-refractivity contribution is 5.94. The molecule has 5 rings (SSSR count). The highest BCUT2D eigenvalue weighted by atomic mass is 16.5. The van der Waals surface area contributed by atoms with E-state index in [9.17, 15) is 9.59 Å². The van der Waals surface area contributed by atoms with Gasteiger partial charge in [0.15, 0.2) is 5.69 Å². The van der Waals surface area contributed by atoms with Crippen molar-refractivity contribution in [1.82, 2.24) is 20.7 Å². The number of rotatable bonds is 7. The molecule has 7 nitrogen and oxygen atoms in total. The molecule has 2 atom stereocenters. The molecule has 3 aliphatic rings. The number of aromatic nitrogens is 1. The number of nitrogens with one attached hydrogen (secondary N) is 2. The summed E-state index contributed by atoms with van der Waals surface area (Å²) in [4.78, 5) is 27.4. The zero-order valence-corrected chi connectivity index (χ0v) is 16.3. The predicted octanol–water partition coefficient (Wildman–Crippen LogP) is 2.32. The third-order valence-electron chi connectivity index (χ3n) is 6.08. The van der Waals surface area contributed by atoms with Gasteiger partial charge in [0.25, 0.3) is 11.8 Å². The number of nitrogens with zero attached hydrogens (tertiary/aromatic N) is 2. The highest BCUT2D eigenvalue weighted by Gasteiger charge is 2.41. The van der Waals surface area contributed by atoms with Gasteiger partial charge < -0.3 is 15.2 Å². The van der Waals surface area contributed by atoms with Gasteiger partial charge in [-0.1, -0.05) is 23.4 Å². The summed E-state index contributed by atoms with van der Waals surface area (Å²) >= 11 is 0. The first-order valence-electron chi connectivity index (χ1n) is 10.5. The number of amides is 2. The van der Waals surface area contributed by atoms with Gasteiger partial charge >= 0.3 is 0 Å². The second-order valence-electron chi connectivity index (χ2n) is 8.45. The molecule has 0 bridgehead atoms. The maximum absolute atomic E-state index is 12.6. The Bertz CT molecular complexity index is 888. The largest absolute Gasteiger partial charge is 0.360 e. The molecule has 2 unspecified atom stereocenters. The summed E-state index contributed by atoms with van der Waals surface area (Å²) in [5, 5.41) is 10.1. The van der Waals surface area contributed by atoms with Gasteiger partial charge in [-0.05, 0) is 44.2 Å². The molecular formula is C22H26N4O3. The summed E-state index contributed by atoms with van der Waals surface area (Å²) < 4.78 is 5.30. The first kappa shape index (κ1) is 18.4. The first-order chi connectivity index (χ1) is 14.2. The van der Waals surface area contributed by atoms with Crippen molar-refractivity contribution < 1.29 is 14.1 Å². The fourth-order valence-electron chi connectivity index (χ4n) is 4.22. The average molecular weight is 394 g/mol. The van der Waals surface area contributed by atoms with Crippen LogP contribution in [-0.4, -0.2) is 53.1 Å². The molecule has 29 heavy (non-hydrogen) atoms. The van der Waals surface area contributed by atoms with E-state index in [1.165, 1.54) is 12.8 Å². The third kappa shape index (κ3) is 4.19. The third-order valence-corrected chi connectivity index (χ3v) is 6.08. The van der Waals surface area contributed by atoms with Gasteiger partial charge in [0.2, 0.25) is 0 Å². The van der Waals surface area contributed by atoms with Crippen LogP contribution in [0.25, 0.3) is 0 Å². The van der Waals surface area contributed by atoms with E-state index in [1.54, 1.807) is 6.07 Å². The van der Waals surface area contributed by atoms with Crippen LogP contribution in [0.4, 0.5) is 0 Å². The van der Waals surface area contributed by atoms with E-state index < -0.39 is 0 Å². The van der Waals surface area contributed by atoms with Crippen LogP contribution in [0.2, 0.25) is 0 Å². The second-order valence-corrected chi connectivity index (χ2v) is 8.45. The van der Waals surface area contributed by atoms with Gasteiger partial charge in [0.05, 0.1) is 0 Å². The smallest absolute Gasteiger partial charge is 0.273 e. The zero-order valence-electron chi connectivity index (χ0n) is 16.3. The van der Waals surface area contributed by atoms with Crippen molar-refractivity contribution in [2.24, 2.45) is 0 Å². The molecule has 2 saturated carbocycles. The standard InChI is InChI=1S/C22H26N4O3/c27-21(15-4-2-1-3-5-15)23-12-18-10-16(13-26(18)17-8-9-17)24-22(28)19-11-20(29-25-19)14-6-7-14/h1-5,11,14,16-18H,6-10,12-13H2,(H,23,27)(H,24,28). The van der Waals surface area contributed by atoms with E-state index in [4.69, 9.17) is 4.52 Å². The Balaban J connectivity index is 1.18. The Morgan fingerprint density at radius 2 is 1.90 bits per heavy atom. The number of carbonyl (C=O) groups excluding carboxylic acids is 2. The van der Waals surface area contributed by atoms with Crippen LogP contribution in [0.5, 0.6) is 0 Å². The van der Waals surface area contributed by atoms with Gasteiger partial charge in [-0.25, -0.2) is 0 Å². The Morgan fingerprint density at radius 1 is 1.10 bits per heavy atom. The van der Waals surface area contributed by atoms with E-state index in [1.807, 2.05) is 30.3 Å². The van der Waals surface area contributed by atoms with Crippen molar-refractivity contribution in [2.45, 2.75) is 56.1 Å². The Hall–Kier alpha value is -2.67. The molecule has 1 saturated heterocycles. The molecule has 0 spiro atoms.